The quantitative estimate of drug-likeness (QED) is 0.0969. The second-order valence-electron chi connectivity index (χ2n) is 13.8. The molecular weight excluding hydrogens is 660 g/mol. The molecule has 5 rings (SSSR count). The fraction of sp³-hybridized carbons (Fsp3) is 0.968. The summed E-state index contributed by atoms with van der Waals surface area (Å²) in [6.07, 6.45) is -20.5. The lowest BCUT2D eigenvalue weighted by Gasteiger charge is -2.53. The molecular formula is C31H52O18. The molecule has 18 nitrogen and oxygen atoms in total. The Morgan fingerprint density at radius 3 is 1.73 bits per heavy atom. The minimum Gasteiger partial charge on any atom is -0.463 e. The van der Waals surface area contributed by atoms with E-state index in [-0.39, 0.29) is 25.2 Å². The van der Waals surface area contributed by atoms with Crippen molar-refractivity contribution in [3.63, 3.8) is 0 Å². The molecule has 0 aromatic carbocycles. The molecule has 5 fully saturated rings. The molecule has 9 N–H and O–H groups in total. The third-order valence-corrected chi connectivity index (χ3v) is 10.7. The summed E-state index contributed by atoms with van der Waals surface area (Å²) >= 11 is 0. The van der Waals surface area contributed by atoms with E-state index < -0.39 is 135 Å². The minimum atomic E-state index is -1.72. The zero-order valence-electron chi connectivity index (χ0n) is 27.7. The Balaban J connectivity index is 1.42. The maximum atomic E-state index is 11.5. The van der Waals surface area contributed by atoms with Gasteiger partial charge in [0.25, 0.3) is 0 Å². The van der Waals surface area contributed by atoms with E-state index in [4.69, 9.17) is 37.9 Å². The van der Waals surface area contributed by atoms with Crippen LogP contribution in [0.2, 0.25) is 0 Å². The maximum absolute atomic E-state index is 11.5. The van der Waals surface area contributed by atoms with Crippen LogP contribution in [0.3, 0.4) is 0 Å². The van der Waals surface area contributed by atoms with Crippen LogP contribution in [0.15, 0.2) is 0 Å². The number of carbonyl (C=O) groups excluding carboxylic acids is 1. The van der Waals surface area contributed by atoms with Crippen molar-refractivity contribution in [2.75, 3.05) is 27.4 Å². The van der Waals surface area contributed by atoms with Gasteiger partial charge < -0.3 is 83.9 Å². The van der Waals surface area contributed by atoms with E-state index in [0.717, 1.165) is 0 Å². The summed E-state index contributed by atoms with van der Waals surface area (Å²) in [5.41, 5.74) is 0. The predicted octanol–water partition coefficient (Wildman–Crippen LogP) is -4.34. The number of carbonyl (C=O) groups is 1. The van der Waals surface area contributed by atoms with Crippen molar-refractivity contribution < 1.29 is 88.6 Å². The van der Waals surface area contributed by atoms with E-state index in [9.17, 15) is 50.8 Å². The van der Waals surface area contributed by atoms with Gasteiger partial charge in [0.05, 0.1) is 49.3 Å². The third-order valence-electron chi connectivity index (χ3n) is 10.7. The number of hydrogen-bond donors (Lipinski definition) is 9. The molecule has 18 heteroatoms. The third kappa shape index (κ3) is 8.40. The number of methoxy groups -OCH3 is 2. The molecule has 284 valence electrons. The average Bonchev–Trinajstić information content (AvgIpc) is 3.08. The topological polar surface area (TPSA) is 273 Å². The van der Waals surface area contributed by atoms with Crippen LogP contribution in [0, 0.1) is 11.8 Å². The highest BCUT2D eigenvalue weighted by Gasteiger charge is 2.55. The van der Waals surface area contributed by atoms with Crippen LogP contribution in [0.1, 0.15) is 39.0 Å². The molecule has 0 aromatic heterocycles. The Kier molecular flexibility index (Phi) is 13.3. The molecule has 0 aromatic rings. The Bertz CT molecular complexity index is 1050. The number of ether oxygens (including phenoxy) is 8. The molecule has 0 spiro atoms. The van der Waals surface area contributed by atoms with Crippen LogP contribution in [-0.2, 0) is 42.7 Å². The number of hydrogen-bond acceptors (Lipinski definition) is 18. The fourth-order valence-corrected chi connectivity index (χ4v) is 7.92. The molecule has 3 aliphatic heterocycles. The van der Waals surface area contributed by atoms with Gasteiger partial charge in [-0.15, -0.1) is 0 Å². The van der Waals surface area contributed by atoms with E-state index in [1.165, 1.54) is 21.1 Å². The van der Waals surface area contributed by atoms with Crippen LogP contribution < -0.4 is 0 Å². The van der Waals surface area contributed by atoms with E-state index in [0.29, 0.717) is 12.8 Å². The summed E-state index contributed by atoms with van der Waals surface area (Å²) < 4.78 is 46.7. The van der Waals surface area contributed by atoms with Gasteiger partial charge in [-0.05, 0) is 31.6 Å². The first-order valence-corrected chi connectivity index (χ1v) is 16.8. The molecule has 2 aliphatic carbocycles. The molecule has 2 saturated carbocycles. The number of esters is 1. The smallest absolute Gasteiger partial charge is 0.302 e. The zero-order valence-corrected chi connectivity index (χ0v) is 27.7. The maximum Gasteiger partial charge on any atom is 0.302 e. The second-order valence-corrected chi connectivity index (χ2v) is 13.8. The summed E-state index contributed by atoms with van der Waals surface area (Å²) in [5.74, 6) is -1.53. The number of rotatable bonds is 10. The summed E-state index contributed by atoms with van der Waals surface area (Å²) in [4.78, 5) is 11.5. The van der Waals surface area contributed by atoms with Crippen molar-refractivity contribution in [1.29, 1.82) is 0 Å². The molecule has 0 radical (unpaired) electrons. The van der Waals surface area contributed by atoms with Gasteiger partial charge >= 0.3 is 5.97 Å². The highest BCUT2D eigenvalue weighted by molar-refractivity contribution is 5.65. The van der Waals surface area contributed by atoms with Gasteiger partial charge in [-0.3, -0.25) is 4.79 Å². The molecule has 5 aliphatic rings. The lowest BCUT2D eigenvalue weighted by molar-refractivity contribution is -0.345. The van der Waals surface area contributed by atoms with E-state index >= 15 is 0 Å². The van der Waals surface area contributed by atoms with E-state index in [1.807, 2.05) is 0 Å². The van der Waals surface area contributed by atoms with Gasteiger partial charge in [0, 0.05) is 33.5 Å². The fourth-order valence-electron chi connectivity index (χ4n) is 7.92. The van der Waals surface area contributed by atoms with Crippen LogP contribution in [0.4, 0.5) is 0 Å². The van der Waals surface area contributed by atoms with E-state index in [1.54, 1.807) is 0 Å². The number of fused-ring (bicyclic) bond motifs is 1. The minimum absolute atomic E-state index is 0.0714. The Morgan fingerprint density at radius 2 is 1.18 bits per heavy atom. The van der Waals surface area contributed by atoms with Gasteiger partial charge in [0.15, 0.2) is 12.6 Å². The number of aliphatic hydroxyl groups excluding tert-OH is 9. The summed E-state index contributed by atoms with van der Waals surface area (Å²) in [5, 5.41) is 94.7. The molecule has 18 unspecified atom stereocenters. The van der Waals surface area contributed by atoms with Crippen molar-refractivity contribution in [3.05, 3.63) is 0 Å². The first-order chi connectivity index (χ1) is 23.3. The normalized spacial score (nSPS) is 50.8. The summed E-state index contributed by atoms with van der Waals surface area (Å²) in [7, 11) is 2.94. The van der Waals surface area contributed by atoms with Gasteiger partial charge in [-0.1, -0.05) is 0 Å². The standard InChI is InChI=1S/C31H52O18/c1-11(33)44-10-21-24(37)26(39)28(41)31(49-21)47-19-8-14-15(45-29(19)12-4-17(42-2)22(35)18(5-12)43-3)6-13(34)7-16(14)46-30-27(40)25(38)23(36)20(9-32)48-30/h12-32,34-41H,4-10H2,1-3H3. The molecule has 3 heterocycles. The lowest BCUT2D eigenvalue weighted by Crippen LogP contribution is -2.63. The van der Waals surface area contributed by atoms with Crippen LogP contribution >= 0.6 is 0 Å². The largest absolute Gasteiger partial charge is 0.463 e. The molecule has 3 saturated heterocycles. The van der Waals surface area contributed by atoms with Crippen molar-refractivity contribution in [1.82, 2.24) is 0 Å². The lowest BCUT2D eigenvalue weighted by atomic mass is 9.72. The van der Waals surface area contributed by atoms with Crippen LogP contribution in [0.25, 0.3) is 0 Å². The van der Waals surface area contributed by atoms with Crippen molar-refractivity contribution in [2.45, 2.75) is 149 Å². The van der Waals surface area contributed by atoms with E-state index in [2.05, 4.69) is 0 Å². The monoisotopic (exact) mass is 712 g/mol. The summed E-state index contributed by atoms with van der Waals surface area (Å²) in [6.45, 7) is 0.0861. The highest BCUT2D eigenvalue weighted by atomic mass is 16.7. The highest BCUT2D eigenvalue weighted by Crippen LogP contribution is 2.45. The van der Waals surface area contributed by atoms with Gasteiger partial charge in [-0.25, -0.2) is 0 Å². The molecule has 18 atom stereocenters. The number of aliphatic hydroxyl groups is 9. The molecule has 0 amide bonds. The first kappa shape index (κ1) is 39.0. The van der Waals surface area contributed by atoms with Gasteiger partial charge in [0.1, 0.15) is 61.5 Å². The average molecular weight is 713 g/mol. The van der Waals surface area contributed by atoms with Crippen LogP contribution in [0.5, 0.6) is 0 Å². The van der Waals surface area contributed by atoms with Crippen molar-refractivity contribution >= 4 is 5.97 Å². The van der Waals surface area contributed by atoms with Crippen molar-refractivity contribution in [3.8, 4) is 0 Å². The molecule has 0 bridgehead atoms. The second kappa shape index (κ2) is 16.7. The molecule has 49 heavy (non-hydrogen) atoms. The SMILES string of the molecule is COC1CC(C2OC3CC(O)CC(OC4OC(CO)C(O)C(O)C4O)C3CC2OC2OC(COC(C)=O)C(O)C(O)C2O)CC(OC)C1O. The summed E-state index contributed by atoms with van der Waals surface area (Å²) in [6, 6.07) is 0. The Hall–Kier alpha value is -1.17. The van der Waals surface area contributed by atoms with Crippen molar-refractivity contribution in [2.24, 2.45) is 11.8 Å². The van der Waals surface area contributed by atoms with Gasteiger partial charge in [0.2, 0.25) is 0 Å². The predicted molar refractivity (Wildman–Crippen MR) is 159 cm³/mol. The first-order valence-electron chi connectivity index (χ1n) is 16.8. The Labute approximate surface area is 283 Å². The Morgan fingerprint density at radius 1 is 0.633 bits per heavy atom. The van der Waals surface area contributed by atoms with Crippen LogP contribution in [-0.4, -0.2) is 190 Å². The zero-order chi connectivity index (χ0) is 35.7. The van der Waals surface area contributed by atoms with Gasteiger partial charge in [-0.2, -0.15) is 0 Å².